The molecule has 1 aliphatic rings. The van der Waals surface area contributed by atoms with Crippen LogP contribution in [0, 0.1) is 0 Å². The molecule has 2 atom stereocenters. The van der Waals surface area contributed by atoms with Crippen molar-refractivity contribution in [1.82, 2.24) is 10.2 Å². The quantitative estimate of drug-likeness (QED) is 0.701. The van der Waals surface area contributed by atoms with Crippen molar-refractivity contribution < 1.29 is 19.4 Å². The molecule has 0 aromatic carbocycles. The maximum Gasteiger partial charge on any atom is 0.408 e. The van der Waals surface area contributed by atoms with Crippen molar-refractivity contribution in [2.75, 3.05) is 6.54 Å². The van der Waals surface area contributed by atoms with E-state index < -0.39 is 23.7 Å². The van der Waals surface area contributed by atoms with Gasteiger partial charge in [0.25, 0.3) is 0 Å². The van der Waals surface area contributed by atoms with Crippen LogP contribution in [-0.2, 0) is 9.53 Å². The third-order valence-corrected chi connectivity index (χ3v) is 3.99. The number of carbonyl (C=O) groups excluding carboxylic acids is 1. The molecule has 134 valence electrons. The van der Waals surface area contributed by atoms with Gasteiger partial charge in [0.2, 0.25) is 0 Å². The van der Waals surface area contributed by atoms with Crippen LogP contribution in [0.5, 0.6) is 0 Å². The van der Waals surface area contributed by atoms with Gasteiger partial charge >= 0.3 is 12.1 Å². The van der Waals surface area contributed by atoms with Crippen LogP contribution in [0.4, 0.5) is 4.79 Å². The zero-order valence-corrected chi connectivity index (χ0v) is 14.9. The highest BCUT2D eigenvalue weighted by atomic mass is 16.6. The van der Waals surface area contributed by atoms with Crippen molar-refractivity contribution in [3.05, 3.63) is 0 Å². The van der Waals surface area contributed by atoms with Crippen molar-refractivity contribution >= 4 is 12.1 Å². The Morgan fingerprint density at radius 1 is 1.30 bits per heavy atom. The molecule has 0 aromatic heterocycles. The maximum absolute atomic E-state index is 12.1. The van der Waals surface area contributed by atoms with Crippen LogP contribution < -0.4 is 5.32 Å². The minimum atomic E-state index is -0.809. The van der Waals surface area contributed by atoms with Gasteiger partial charge in [0.1, 0.15) is 11.6 Å². The fraction of sp³-hybridized carbons (Fsp3) is 0.882. The molecule has 1 aliphatic heterocycles. The highest BCUT2D eigenvalue weighted by molar-refractivity contribution is 5.74. The summed E-state index contributed by atoms with van der Waals surface area (Å²) < 4.78 is 5.34. The summed E-state index contributed by atoms with van der Waals surface area (Å²) in [5, 5.41) is 12.4. The second-order valence-electron chi connectivity index (χ2n) is 7.25. The Bertz CT molecular complexity index is 393. The van der Waals surface area contributed by atoms with Gasteiger partial charge in [-0.25, -0.2) is 4.79 Å². The van der Waals surface area contributed by atoms with Gasteiger partial charge in [0, 0.05) is 6.54 Å². The van der Waals surface area contributed by atoms with Gasteiger partial charge in [-0.05, 0) is 40.0 Å². The topological polar surface area (TPSA) is 78.9 Å². The minimum Gasteiger partial charge on any atom is -0.480 e. The lowest BCUT2D eigenvalue weighted by atomic mass is 10.00. The van der Waals surface area contributed by atoms with Crippen molar-refractivity contribution in [2.45, 2.75) is 90.4 Å². The fourth-order valence-corrected chi connectivity index (χ4v) is 2.94. The molecule has 2 unspecified atom stereocenters. The number of nitrogens with zero attached hydrogens (tertiary/aromatic N) is 1. The summed E-state index contributed by atoms with van der Waals surface area (Å²) in [6.07, 6.45) is 5.61. The molecule has 6 heteroatoms. The van der Waals surface area contributed by atoms with Crippen LogP contribution >= 0.6 is 0 Å². The third kappa shape index (κ3) is 7.20. The van der Waals surface area contributed by atoms with Gasteiger partial charge in [-0.1, -0.05) is 32.6 Å². The van der Waals surface area contributed by atoms with Crippen LogP contribution in [0.2, 0.25) is 0 Å². The monoisotopic (exact) mass is 328 g/mol. The number of carboxylic acids is 1. The predicted octanol–water partition coefficient (Wildman–Crippen LogP) is 3.36. The van der Waals surface area contributed by atoms with E-state index >= 15 is 0 Å². The van der Waals surface area contributed by atoms with Gasteiger partial charge in [-0.2, -0.15) is 0 Å². The second kappa shape index (κ2) is 9.11. The van der Waals surface area contributed by atoms with Crippen molar-refractivity contribution in [1.29, 1.82) is 0 Å². The lowest BCUT2D eigenvalue weighted by Crippen LogP contribution is -2.57. The SMILES string of the molecule is CCCCCC(NC(=O)OC(C)(C)C)N1CCCCC1C(=O)O. The van der Waals surface area contributed by atoms with E-state index in [-0.39, 0.29) is 6.17 Å². The van der Waals surface area contributed by atoms with Crippen LogP contribution in [0.25, 0.3) is 0 Å². The standard InChI is InChI=1S/C17H32N2O4/c1-5-6-7-11-14(18-16(22)23-17(2,3)4)19-12-9-8-10-13(19)15(20)21/h13-14H,5-12H2,1-4H3,(H,18,22)(H,20,21). The first-order valence-electron chi connectivity index (χ1n) is 8.72. The predicted molar refractivity (Wildman–Crippen MR) is 89.3 cm³/mol. The van der Waals surface area contributed by atoms with Crippen molar-refractivity contribution in [3.63, 3.8) is 0 Å². The molecule has 1 heterocycles. The number of ether oxygens (including phenoxy) is 1. The highest BCUT2D eigenvalue weighted by Gasteiger charge is 2.34. The molecule has 6 nitrogen and oxygen atoms in total. The van der Waals surface area contributed by atoms with E-state index in [0.29, 0.717) is 13.0 Å². The van der Waals surface area contributed by atoms with E-state index in [1.165, 1.54) is 0 Å². The summed E-state index contributed by atoms with van der Waals surface area (Å²) in [6, 6.07) is -0.523. The number of rotatable bonds is 7. The van der Waals surface area contributed by atoms with E-state index in [9.17, 15) is 14.7 Å². The number of nitrogens with one attached hydrogen (secondary N) is 1. The molecule has 23 heavy (non-hydrogen) atoms. The number of carboxylic acid groups (broad SMARTS) is 1. The normalized spacial score (nSPS) is 20.8. The first-order chi connectivity index (χ1) is 10.7. The minimum absolute atomic E-state index is 0.280. The number of hydrogen-bond donors (Lipinski definition) is 2. The van der Waals surface area contributed by atoms with Gasteiger partial charge in [-0.3, -0.25) is 9.69 Å². The fourth-order valence-electron chi connectivity index (χ4n) is 2.94. The number of hydrogen-bond acceptors (Lipinski definition) is 4. The van der Waals surface area contributed by atoms with E-state index in [1.54, 1.807) is 0 Å². The summed E-state index contributed by atoms with van der Waals surface area (Å²) in [6.45, 7) is 8.28. The third-order valence-electron chi connectivity index (χ3n) is 3.99. The molecule has 0 aliphatic carbocycles. The summed E-state index contributed by atoms with van der Waals surface area (Å²) >= 11 is 0. The molecule has 0 saturated carbocycles. The summed E-state index contributed by atoms with van der Waals surface area (Å²) in [5.41, 5.74) is -0.563. The van der Waals surface area contributed by atoms with Crippen LogP contribution in [-0.4, -0.2) is 46.4 Å². The average Bonchev–Trinajstić information content (AvgIpc) is 2.44. The van der Waals surface area contributed by atoms with Gasteiger partial charge in [-0.15, -0.1) is 0 Å². The summed E-state index contributed by atoms with van der Waals surface area (Å²) in [5.74, 6) is -0.809. The average molecular weight is 328 g/mol. The van der Waals surface area contributed by atoms with Crippen molar-refractivity contribution in [3.8, 4) is 0 Å². The Kier molecular flexibility index (Phi) is 7.82. The summed E-state index contributed by atoms with van der Waals surface area (Å²) in [7, 11) is 0. The first-order valence-corrected chi connectivity index (χ1v) is 8.72. The maximum atomic E-state index is 12.1. The lowest BCUT2D eigenvalue weighted by molar-refractivity contribution is -0.146. The number of aliphatic carboxylic acids is 1. The zero-order valence-electron chi connectivity index (χ0n) is 14.9. The summed E-state index contributed by atoms with van der Waals surface area (Å²) in [4.78, 5) is 25.6. The van der Waals surface area contributed by atoms with Crippen LogP contribution in [0.1, 0.15) is 72.6 Å². The van der Waals surface area contributed by atoms with Crippen LogP contribution in [0.15, 0.2) is 0 Å². The molecule has 2 N–H and O–H groups in total. The molecule has 1 saturated heterocycles. The molecule has 1 fully saturated rings. The highest BCUT2D eigenvalue weighted by Crippen LogP contribution is 2.22. The molecule has 0 radical (unpaired) electrons. The molecular formula is C17H32N2O4. The molecule has 0 bridgehead atoms. The number of unbranched alkanes of at least 4 members (excludes halogenated alkanes) is 2. The number of amides is 1. The first kappa shape index (κ1) is 19.7. The smallest absolute Gasteiger partial charge is 0.408 e. The van der Waals surface area contributed by atoms with E-state index in [4.69, 9.17) is 4.74 Å². The van der Waals surface area contributed by atoms with E-state index in [2.05, 4.69) is 12.2 Å². The molecule has 1 amide bonds. The zero-order chi connectivity index (χ0) is 17.5. The van der Waals surface area contributed by atoms with Gasteiger partial charge < -0.3 is 15.2 Å². The Morgan fingerprint density at radius 3 is 2.57 bits per heavy atom. The number of alkyl carbamates (subject to hydrolysis) is 1. The van der Waals surface area contributed by atoms with Crippen molar-refractivity contribution in [2.24, 2.45) is 0 Å². The van der Waals surface area contributed by atoms with E-state index in [0.717, 1.165) is 38.5 Å². The van der Waals surface area contributed by atoms with Crippen LogP contribution in [0.3, 0.4) is 0 Å². The molecule has 1 rings (SSSR count). The Morgan fingerprint density at radius 2 is 2.00 bits per heavy atom. The van der Waals surface area contributed by atoms with Gasteiger partial charge in [0.15, 0.2) is 0 Å². The Balaban J connectivity index is 2.76. The number of likely N-dealkylation sites (tertiary alicyclic amines) is 1. The largest absolute Gasteiger partial charge is 0.480 e. The number of piperidine rings is 1. The Hall–Kier alpha value is -1.30. The molecular weight excluding hydrogens is 296 g/mol. The second-order valence-corrected chi connectivity index (χ2v) is 7.25. The number of carbonyl (C=O) groups is 2. The Labute approximate surface area is 139 Å². The lowest BCUT2D eigenvalue weighted by Gasteiger charge is -2.39. The van der Waals surface area contributed by atoms with E-state index in [1.807, 2.05) is 25.7 Å². The molecule has 0 aromatic rings. The molecule has 0 spiro atoms. The van der Waals surface area contributed by atoms with Gasteiger partial charge in [0.05, 0.1) is 6.17 Å².